The summed E-state index contributed by atoms with van der Waals surface area (Å²) in [5.41, 5.74) is 0.127. The van der Waals surface area contributed by atoms with Gasteiger partial charge in [-0.25, -0.2) is 4.98 Å². The first-order valence-electron chi connectivity index (χ1n) is 5.46. The monoisotopic (exact) mass is 271 g/mol. The van der Waals surface area contributed by atoms with E-state index < -0.39 is 0 Å². The molecule has 0 aromatic carbocycles. The van der Waals surface area contributed by atoms with Crippen LogP contribution in [0.1, 0.15) is 19.3 Å². The average molecular weight is 272 g/mol. The zero-order valence-electron chi connectivity index (χ0n) is 9.61. The number of esters is 1. The summed E-state index contributed by atoms with van der Waals surface area (Å²) in [6, 6.07) is 5.58. The van der Waals surface area contributed by atoms with Crippen molar-refractivity contribution in [1.29, 1.82) is 0 Å². The third-order valence-corrected chi connectivity index (χ3v) is 4.41. The van der Waals surface area contributed by atoms with E-state index in [0.29, 0.717) is 11.6 Å². The average Bonchev–Trinajstić information content (AvgIpc) is 3.07. The van der Waals surface area contributed by atoms with Crippen LogP contribution in [0.15, 0.2) is 23.2 Å². The molecule has 0 aliphatic heterocycles. The SMILES string of the molecule is COC(=O)CC1(CSc2cccc(Cl)n2)CC1. The fourth-order valence-corrected chi connectivity index (χ4v) is 3.02. The summed E-state index contributed by atoms with van der Waals surface area (Å²) in [7, 11) is 1.43. The first-order valence-corrected chi connectivity index (χ1v) is 6.82. The summed E-state index contributed by atoms with van der Waals surface area (Å²) >= 11 is 7.47. The van der Waals surface area contributed by atoms with Crippen molar-refractivity contribution in [3.05, 3.63) is 23.4 Å². The van der Waals surface area contributed by atoms with Gasteiger partial charge in [0.1, 0.15) is 5.15 Å². The Morgan fingerprint density at radius 3 is 2.94 bits per heavy atom. The van der Waals surface area contributed by atoms with Crippen molar-refractivity contribution in [2.45, 2.75) is 24.3 Å². The van der Waals surface area contributed by atoms with Crippen LogP contribution >= 0.6 is 23.4 Å². The van der Waals surface area contributed by atoms with Gasteiger partial charge in [-0.15, -0.1) is 11.8 Å². The highest BCUT2D eigenvalue weighted by atomic mass is 35.5. The summed E-state index contributed by atoms with van der Waals surface area (Å²) in [4.78, 5) is 15.5. The topological polar surface area (TPSA) is 39.2 Å². The fourth-order valence-electron chi connectivity index (χ4n) is 1.62. The first-order chi connectivity index (χ1) is 8.13. The molecule has 17 heavy (non-hydrogen) atoms. The third-order valence-electron chi connectivity index (χ3n) is 2.92. The van der Waals surface area contributed by atoms with Crippen LogP contribution in [-0.2, 0) is 9.53 Å². The Kier molecular flexibility index (Phi) is 3.94. The van der Waals surface area contributed by atoms with Gasteiger partial charge in [0.15, 0.2) is 0 Å². The van der Waals surface area contributed by atoms with Gasteiger partial charge in [-0.1, -0.05) is 17.7 Å². The number of rotatable bonds is 5. The summed E-state index contributed by atoms with van der Waals surface area (Å²) < 4.78 is 4.71. The van der Waals surface area contributed by atoms with Crippen LogP contribution in [0.5, 0.6) is 0 Å². The number of nitrogens with zero attached hydrogens (tertiary/aromatic N) is 1. The predicted octanol–water partition coefficient (Wildman–Crippen LogP) is 3.17. The molecule has 1 aromatic heterocycles. The number of halogens is 1. The van der Waals surface area contributed by atoms with Gasteiger partial charge in [0.05, 0.1) is 18.6 Å². The van der Waals surface area contributed by atoms with Gasteiger partial charge in [-0.3, -0.25) is 4.79 Å². The van der Waals surface area contributed by atoms with Crippen LogP contribution in [0, 0.1) is 5.41 Å². The molecule has 2 rings (SSSR count). The minimum absolute atomic E-state index is 0.123. The van der Waals surface area contributed by atoms with Gasteiger partial charge in [-0.2, -0.15) is 0 Å². The van der Waals surface area contributed by atoms with Crippen LogP contribution in [-0.4, -0.2) is 23.8 Å². The fraction of sp³-hybridized carbons (Fsp3) is 0.500. The number of ether oxygens (including phenoxy) is 1. The van der Waals surface area contributed by atoms with E-state index in [-0.39, 0.29) is 11.4 Å². The van der Waals surface area contributed by atoms with E-state index in [2.05, 4.69) is 4.98 Å². The third kappa shape index (κ3) is 3.61. The van der Waals surface area contributed by atoms with Crippen molar-refractivity contribution in [3.63, 3.8) is 0 Å². The van der Waals surface area contributed by atoms with E-state index in [1.165, 1.54) is 7.11 Å². The Hall–Kier alpha value is -0.740. The second kappa shape index (κ2) is 5.27. The lowest BCUT2D eigenvalue weighted by molar-refractivity contribution is -0.141. The largest absolute Gasteiger partial charge is 0.469 e. The van der Waals surface area contributed by atoms with Crippen LogP contribution < -0.4 is 0 Å². The second-order valence-electron chi connectivity index (χ2n) is 4.34. The van der Waals surface area contributed by atoms with Crippen LogP contribution in [0.4, 0.5) is 0 Å². The first kappa shape index (κ1) is 12.7. The van der Waals surface area contributed by atoms with Crippen molar-refractivity contribution in [2.24, 2.45) is 5.41 Å². The van der Waals surface area contributed by atoms with Gasteiger partial charge < -0.3 is 4.74 Å². The lowest BCUT2D eigenvalue weighted by Gasteiger charge is -2.12. The predicted molar refractivity (Wildman–Crippen MR) is 68.3 cm³/mol. The normalized spacial score (nSPS) is 16.6. The lowest BCUT2D eigenvalue weighted by Crippen LogP contribution is -2.13. The van der Waals surface area contributed by atoms with Crippen LogP contribution in [0.3, 0.4) is 0 Å². The van der Waals surface area contributed by atoms with Gasteiger partial charge in [0.2, 0.25) is 0 Å². The summed E-state index contributed by atoms with van der Waals surface area (Å²) in [6.45, 7) is 0. The Bertz CT molecular complexity index is 421. The molecule has 3 nitrogen and oxygen atoms in total. The van der Waals surface area contributed by atoms with E-state index in [0.717, 1.165) is 23.6 Å². The molecule has 1 aromatic rings. The number of methoxy groups -OCH3 is 1. The maximum atomic E-state index is 11.3. The number of hydrogen-bond acceptors (Lipinski definition) is 4. The molecular weight excluding hydrogens is 258 g/mol. The molecular formula is C12H14ClNO2S. The maximum Gasteiger partial charge on any atom is 0.306 e. The van der Waals surface area contributed by atoms with Crippen LogP contribution in [0.2, 0.25) is 5.15 Å². The molecule has 1 saturated carbocycles. The molecule has 5 heteroatoms. The van der Waals surface area contributed by atoms with Crippen molar-refractivity contribution in [3.8, 4) is 0 Å². The Morgan fingerprint density at radius 2 is 2.35 bits per heavy atom. The number of thioether (sulfide) groups is 1. The Morgan fingerprint density at radius 1 is 1.59 bits per heavy atom. The van der Waals surface area contributed by atoms with E-state index in [1.807, 2.05) is 12.1 Å². The molecule has 0 saturated heterocycles. The molecule has 1 fully saturated rings. The van der Waals surface area contributed by atoms with Gasteiger partial charge in [0, 0.05) is 5.75 Å². The van der Waals surface area contributed by atoms with E-state index in [1.54, 1.807) is 17.8 Å². The van der Waals surface area contributed by atoms with Gasteiger partial charge in [0.25, 0.3) is 0 Å². The highest BCUT2D eigenvalue weighted by molar-refractivity contribution is 7.99. The lowest BCUT2D eigenvalue weighted by atomic mass is 10.1. The number of aromatic nitrogens is 1. The molecule has 0 atom stereocenters. The summed E-state index contributed by atoms with van der Waals surface area (Å²) in [5.74, 6) is 0.775. The zero-order valence-corrected chi connectivity index (χ0v) is 11.2. The molecule has 0 spiro atoms. The zero-order chi connectivity index (χ0) is 12.3. The van der Waals surface area contributed by atoms with Crippen molar-refractivity contribution >= 4 is 29.3 Å². The van der Waals surface area contributed by atoms with E-state index in [9.17, 15) is 4.79 Å². The smallest absolute Gasteiger partial charge is 0.306 e. The number of carbonyl (C=O) groups is 1. The minimum Gasteiger partial charge on any atom is -0.469 e. The van der Waals surface area contributed by atoms with Gasteiger partial charge in [-0.05, 0) is 30.4 Å². The van der Waals surface area contributed by atoms with Crippen LogP contribution in [0.25, 0.3) is 0 Å². The standard InChI is InChI=1S/C12H14ClNO2S/c1-16-11(15)7-12(5-6-12)8-17-10-4-2-3-9(13)14-10/h2-4H,5-8H2,1H3. The molecule has 0 N–H and O–H groups in total. The second-order valence-corrected chi connectivity index (χ2v) is 5.72. The number of carbonyl (C=O) groups excluding carboxylic acids is 1. The molecule has 1 aliphatic carbocycles. The Labute approximate surface area is 110 Å². The molecule has 0 unspecified atom stereocenters. The summed E-state index contributed by atoms with van der Waals surface area (Å²) in [5, 5.41) is 1.42. The Balaban J connectivity index is 1.88. The van der Waals surface area contributed by atoms with Crippen molar-refractivity contribution in [2.75, 3.05) is 12.9 Å². The van der Waals surface area contributed by atoms with E-state index in [4.69, 9.17) is 16.3 Å². The highest BCUT2D eigenvalue weighted by Gasteiger charge is 2.44. The minimum atomic E-state index is -0.123. The highest BCUT2D eigenvalue weighted by Crippen LogP contribution is 2.52. The van der Waals surface area contributed by atoms with Crippen molar-refractivity contribution in [1.82, 2.24) is 4.98 Å². The molecule has 0 amide bonds. The van der Waals surface area contributed by atoms with E-state index >= 15 is 0 Å². The quantitative estimate of drug-likeness (QED) is 0.468. The van der Waals surface area contributed by atoms with Gasteiger partial charge >= 0.3 is 5.97 Å². The summed E-state index contributed by atoms with van der Waals surface area (Å²) in [6.07, 6.45) is 2.70. The number of hydrogen-bond donors (Lipinski definition) is 0. The molecule has 0 bridgehead atoms. The van der Waals surface area contributed by atoms with Crippen molar-refractivity contribution < 1.29 is 9.53 Å². The molecule has 92 valence electrons. The molecule has 1 aliphatic rings. The molecule has 0 radical (unpaired) electrons. The maximum absolute atomic E-state index is 11.3. The molecule has 1 heterocycles. The number of pyridine rings is 1.